The summed E-state index contributed by atoms with van der Waals surface area (Å²) >= 11 is 0. The van der Waals surface area contributed by atoms with E-state index in [1.54, 1.807) is 24.3 Å². The standard InChI is InChI=1S/C14H18O5S/c1-11-2-4-13(5-3-11)20(15,16)19-8-12-6-7-14(9-17-12)10-18-14/h2-5,12H,6-10H2,1H3. The lowest BCUT2D eigenvalue weighted by atomic mass is 10.00. The van der Waals surface area contributed by atoms with Crippen LogP contribution in [0.15, 0.2) is 29.2 Å². The molecule has 0 aromatic heterocycles. The molecule has 2 saturated heterocycles. The largest absolute Gasteiger partial charge is 0.373 e. The van der Waals surface area contributed by atoms with E-state index in [1.165, 1.54) is 0 Å². The third kappa shape index (κ3) is 3.03. The van der Waals surface area contributed by atoms with Crippen LogP contribution in [-0.2, 0) is 23.8 Å². The van der Waals surface area contributed by atoms with Crippen molar-refractivity contribution in [2.75, 3.05) is 19.8 Å². The molecule has 0 aliphatic carbocycles. The van der Waals surface area contributed by atoms with Crippen LogP contribution in [0, 0.1) is 6.92 Å². The number of epoxide rings is 1. The average molecular weight is 298 g/mol. The second kappa shape index (κ2) is 5.11. The number of hydrogen-bond acceptors (Lipinski definition) is 5. The maximum Gasteiger partial charge on any atom is 0.297 e. The third-order valence-corrected chi connectivity index (χ3v) is 5.07. The van der Waals surface area contributed by atoms with Gasteiger partial charge < -0.3 is 9.47 Å². The summed E-state index contributed by atoms with van der Waals surface area (Å²) in [6, 6.07) is 6.61. The average Bonchev–Trinajstić information content (AvgIpc) is 3.18. The van der Waals surface area contributed by atoms with Gasteiger partial charge in [-0.15, -0.1) is 0 Å². The van der Waals surface area contributed by atoms with Gasteiger partial charge in [0, 0.05) is 0 Å². The van der Waals surface area contributed by atoms with Crippen LogP contribution in [-0.4, -0.2) is 39.9 Å². The lowest BCUT2D eigenvalue weighted by Crippen LogP contribution is -2.35. The highest BCUT2D eigenvalue weighted by Crippen LogP contribution is 2.37. The maximum atomic E-state index is 12.0. The van der Waals surface area contributed by atoms with E-state index < -0.39 is 10.1 Å². The van der Waals surface area contributed by atoms with Crippen LogP contribution in [0.3, 0.4) is 0 Å². The fourth-order valence-corrected chi connectivity index (χ4v) is 3.19. The molecule has 0 amide bonds. The monoisotopic (exact) mass is 298 g/mol. The number of ether oxygens (including phenoxy) is 2. The van der Waals surface area contributed by atoms with Crippen molar-refractivity contribution in [2.45, 2.75) is 36.4 Å². The summed E-state index contributed by atoms with van der Waals surface area (Å²) < 4.78 is 40.1. The fraction of sp³-hybridized carbons (Fsp3) is 0.571. The van der Waals surface area contributed by atoms with Gasteiger partial charge in [0.2, 0.25) is 0 Å². The molecule has 2 aliphatic rings. The van der Waals surface area contributed by atoms with E-state index in [4.69, 9.17) is 13.7 Å². The molecule has 2 fully saturated rings. The summed E-state index contributed by atoms with van der Waals surface area (Å²) in [6.45, 7) is 3.25. The number of rotatable bonds is 4. The van der Waals surface area contributed by atoms with Gasteiger partial charge in [-0.1, -0.05) is 17.7 Å². The SMILES string of the molecule is Cc1ccc(S(=O)(=O)OCC2CCC3(CO2)CO3)cc1. The van der Waals surface area contributed by atoms with Gasteiger partial charge in [0.1, 0.15) is 5.60 Å². The van der Waals surface area contributed by atoms with Crippen molar-refractivity contribution >= 4 is 10.1 Å². The first kappa shape index (κ1) is 14.0. The normalized spacial score (nSPS) is 29.6. The first-order chi connectivity index (χ1) is 9.49. The van der Waals surface area contributed by atoms with Crippen LogP contribution in [0.5, 0.6) is 0 Å². The van der Waals surface area contributed by atoms with Crippen LogP contribution in [0.1, 0.15) is 18.4 Å². The minimum absolute atomic E-state index is 0.0618. The Labute approximate surface area is 119 Å². The predicted octanol–water partition coefficient (Wildman–Crippen LogP) is 1.65. The quantitative estimate of drug-likeness (QED) is 0.624. The van der Waals surface area contributed by atoms with Crippen molar-refractivity contribution in [1.29, 1.82) is 0 Å². The van der Waals surface area contributed by atoms with Gasteiger partial charge in [0.15, 0.2) is 0 Å². The predicted molar refractivity (Wildman–Crippen MR) is 72.0 cm³/mol. The second-order valence-electron chi connectivity index (χ2n) is 5.50. The minimum Gasteiger partial charge on any atom is -0.373 e. The maximum absolute atomic E-state index is 12.0. The van der Waals surface area contributed by atoms with Crippen molar-refractivity contribution < 1.29 is 22.1 Å². The zero-order valence-corrected chi connectivity index (χ0v) is 12.2. The molecule has 20 heavy (non-hydrogen) atoms. The summed E-state index contributed by atoms with van der Waals surface area (Å²) in [7, 11) is -3.70. The van der Waals surface area contributed by atoms with Gasteiger partial charge in [-0.3, -0.25) is 4.18 Å². The van der Waals surface area contributed by atoms with E-state index in [9.17, 15) is 8.42 Å². The van der Waals surface area contributed by atoms with Crippen LogP contribution in [0.4, 0.5) is 0 Å². The lowest BCUT2D eigenvalue weighted by Gasteiger charge is -2.26. The lowest BCUT2D eigenvalue weighted by molar-refractivity contribution is -0.0465. The molecule has 1 spiro atoms. The van der Waals surface area contributed by atoms with E-state index in [1.807, 2.05) is 6.92 Å². The van der Waals surface area contributed by atoms with Crippen LogP contribution in [0.25, 0.3) is 0 Å². The number of hydrogen-bond donors (Lipinski definition) is 0. The first-order valence-electron chi connectivity index (χ1n) is 6.71. The minimum atomic E-state index is -3.70. The Morgan fingerprint density at radius 2 is 2.00 bits per heavy atom. The molecule has 1 aromatic rings. The highest BCUT2D eigenvalue weighted by Gasteiger charge is 2.48. The highest BCUT2D eigenvalue weighted by atomic mass is 32.2. The Morgan fingerprint density at radius 3 is 2.55 bits per heavy atom. The van der Waals surface area contributed by atoms with Crippen molar-refractivity contribution in [3.63, 3.8) is 0 Å². The molecule has 0 N–H and O–H groups in total. The summed E-state index contributed by atoms with van der Waals surface area (Å²) in [5.41, 5.74) is 0.932. The van der Waals surface area contributed by atoms with Gasteiger partial charge in [0.05, 0.1) is 30.8 Å². The van der Waals surface area contributed by atoms with Crippen molar-refractivity contribution in [2.24, 2.45) is 0 Å². The summed E-state index contributed by atoms with van der Waals surface area (Å²) in [5.74, 6) is 0. The zero-order valence-electron chi connectivity index (χ0n) is 11.4. The van der Waals surface area contributed by atoms with Crippen molar-refractivity contribution in [3.05, 3.63) is 29.8 Å². The van der Waals surface area contributed by atoms with E-state index in [-0.39, 0.29) is 23.2 Å². The Balaban J connectivity index is 1.55. The molecule has 2 atom stereocenters. The molecular formula is C14H18O5S. The molecule has 0 radical (unpaired) electrons. The van der Waals surface area contributed by atoms with Gasteiger partial charge in [0.25, 0.3) is 10.1 Å². The van der Waals surface area contributed by atoms with Gasteiger partial charge >= 0.3 is 0 Å². The topological polar surface area (TPSA) is 65.1 Å². The summed E-state index contributed by atoms with van der Waals surface area (Å²) in [4.78, 5) is 0.181. The second-order valence-corrected chi connectivity index (χ2v) is 7.11. The Bertz CT molecular complexity index is 564. The van der Waals surface area contributed by atoms with Gasteiger partial charge in [-0.25, -0.2) is 0 Å². The Morgan fingerprint density at radius 1 is 1.30 bits per heavy atom. The molecule has 0 saturated carbocycles. The number of aryl methyl sites for hydroxylation is 1. The van der Waals surface area contributed by atoms with Crippen LogP contribution in [0.2, 0.25) is 0 Å². The third-order valence-electron chi connectivity index (χ3n) is 3.78. The highest BCUT2D eigenvalue weighted by molar-refractivity contribution is 7.86. The summed E-state index contributed by atoms with van der Waals surface area (Å²) in [5, 5.41) is 0. The zero-order chi connectivity index (χ0) is 14.2. The van der Waals surface area contributed by atoms with E-state index in [0.717, 1.165) is 25.0 Å². The molecule has 1 aromatic carbocycles. The van der Waals surface area contributed by atoms with Crippen molar-refractivity contribution in [3.8, 4) is 0 Å². The Kier molecular flexibility index (Phi) is 3.58. The van der Waals surface area contributed by atoms with Crippen LogP contribution >= 0.6 is 0 Å². The molecule has 110 valence electrons. The van der Waals surface area contributed by atoms with E-state index in [0.29, 0.717) is 6.61 Å². The number of benzene rings is 1. The molecule has 2 unspecified atom stereocenters. The van der Waals surface area contributed by atoms with Crippen molar-refractivity contribution in [1.82, 2.24) is 0 Å². The van der Waals surface area contributed by atoms with Crippen LogP contribution < -0.4 is 0 Å². The fourth-order valence-electron chi connectivity index (χ4n) is 2.25. The molecule has 6 heteroatoms. The first-order valence-corrected chi connectivity index (χ1v) is 8.12. The van der Waals surface area contributed by atoms with E-state index in [2.05, 4.69) is 0 Å². The molecule has 2 aliphatic heterocycles. The Hall–Kier alpha value is -0.950. The van der Waals surface area contributed by atoms with E-state index >= 15 is 0 Å². The smallest absolute Gasteiger partial charge is 0.297 e. The molecule has 5 nitrogen and oxygen atoms in total. The molecule has 0 bridgehead atoms. The summed E-state index contributed by atoms with van der Waals surface area (Å²) in [6.07, 6.45) is 1.50. The molecule has 2 heterocycles. The van der Waals surface area contributed by atoms with Gasteiger partial charge in [-0.2, -0.15) is 8.42 Å². The molecular weight excluding hydrogens is 280 g/mol. The van der Waals surface area contributed by atoms with Gasteiger partial charge in [-0.05, 0) is 31.9 Å². The molecule has 3 rings (SSSR count).